The van der Waals surface area contributed by atoms with Crippen molar-refractivity contribution in [3.63, 3.8) is 0 Å². The number of alkyl halides is 1. The molecule has 1 fully saturated rings. The lowest BCUT2D eigenvalue weighted by Gasteiger charge is -2.32. The van der Waals surface area contributed by atoms with E-state index in [-0.39, 0.29) is 5.56 Å². The maximum atomic E-state index is 13.6. The number of nitrogens with zero attached hydrogens (tertiary/aromatic N) is 1. The summed E-state index contributed by atoms with van der Waals surface area (Å²) in [5, 5.41) is 8.32. The molecule has 1 aliphatic rings. The number of halogens is 3. The highest BCUT2D eigenvalue weighted by Crippen LogP contribution is 2.27. The lowest BCUT2D eigenvalue weighted by molar-refractivity contribution is -0.143. The Bertz CT molecular complexity index is 498. The van der Waals surface area contributed by atoms with Crippen molar-refractivity contribution in [3.05, 3.63) is 35.4 Å². The van der Waals surface area contributed by atoms with Gasteiger partial charge in [-0.25, -0.2) is 8.78 Å². The molecule has 6 heteroatoms. The molecule has 0 amide bonds. The summed E-state index contributed by atoms with van der Waals surface area (Å²) < 4.78 is 26.8. The molecule has 2 atom stereocenters. The Labute approximate surface area is 121 Å². The summed E-state index contributed by atoms with van der Waals surface area (Å²) in [5.74, 6) is -2.31. The Morgan fingerprint density at radius 3 is 2.95 bits per heavy atom. The molecule has 1 saturated heterocycles. The number of aliphatic carboxylic acids is 1. The van der Waals surface area contributed by atoms with Gasteiger partial charge in [-0.05, 0) is 37.6 Å². The largest absolute Gasteiger partial charge is 0.481 e. The Kier molecular flexibility index (Phi) is 4.94. The summed E-state index contributed by atoms with van der Waals surface area (Å²) in [6.45, 7) is 1.44. The molecule has 110 valence electrons. The van der Waals surface area contributed by atoms with Crippen molar-refractivity contribution >= 4 is 17.6 Å². The number of carboxylic acids is 1. The molecule has 0 aliphatic carbocycles. The van der Waals surface area contributed by atoms with Gasteiger partial charge in [0.1, 0.15) is 11.6 Å². The Morgan fingerprint density at radius 1 is 1.50 bits per heavy atom. The zero-order valence-corrected chi connectivity index (χ0v) is 11.6. The SMILES string of the molecule is O=C(O)C1CCCN(CC(Cl)c2cc(F)ccc2F)C1. The molecule has 1 aromatic rings. The van der Waals surface area contributed by atoms with Crippen molar-refractivity contribution in [3.8, 4) is 0 Å². The van der Waals surface area contributed by atoms with Crippen molar-refractivity contribution in [2.45, 2.75) is 18.2 Å². The summed E-state index contributed by atoms with van der Waals surface area (Å²) in [4.78, 5) is 12.9. The van der Waals surface area contributed by atoms with Crippen molar-refractivity contribution in [1.82, 2.24) is 4.90 Å². The molecule has 1 heterocycles. The monoisotopic (exact) mass is 303 g/mol. The van der Waals surface area contributed by atoms with E-state index in [0.717, 1.165) is 31.2 Å². The summed E-state index contributed by atoms with van der Waals surface area (Å²) in [6, 6.07) is 3.19. The van der Waals surface area contributed by atoms with Crippen LogP contribution < -0.4 is 0 Å². The highest BCUT2D eigenvalue weighted by Gasteiger charge is 2.27. The summed E-state index contributed by atoms with van der Waals surface area (Å²) in [6.07, 6.45) is 1.42. The van der Waals surface area contributed by atoms with Gasteiger partial charge in [-0.15, -0.1) is 11.6 Å². The first-order valence-corrected chi connectivity index (χ1v) is 6.95. The van der Waals surface area contributed by atoms with Crippen LogP contribution in [0.25, 0.3) is 0 Å². The number of hydrogen-bond donors (Lipinski definition) is 1. The third kappa shape index (κ3) is 3.67. The van der Waals surface area contributed by atoms with Crippen molar-refractivity contribution < 1.29 is 18.7 Å². The van der Waals surface area contributed by atoms with E-state index in [9.17, 15) is 13.6 Å². The zero-order valence-electron chi connectivity index (χ0n) is 10.9. The van der Waals surface area contributed by atoms with Gasteiger partial charge < -0.3 is 10.0 Å². The first-order valence-electron chi connectivity index (χ1n) is 6.51. The minimum atomic E-state index is -0.822. The predicted octanol–water partition coefficient (Wildman–Crippen LogP) is 3.04. The van der Waals surface area contributed by atoms with E-state index in [1.165, 1.54) is 0 Å². The van der Waals surface area contributed by atoms with Gasteiger partial charge in [-0.2, -0.15) is 0 Å². The normalized spacial score (nSPS) is 21.6. The molecular formula is C14H16ClF2NO2. The quantitative estimate of drug-likeness (QED) is 0.869. The first kappa shape index (κ1) is 15.2. The van der Waals surface area contributed by atoms with E-state index in [0.29, 0.717) is 19.5 Å². The van der Waals surface area contributed by atoms with Crippen LogP contribution in [-0.2, 0) is 4.79 Å². The van der Waals surface area contributed by atoms with Gasteiger partial charge in [0.15, 0.2) is 0 Å². The van der Waals surface area contributed by atoms with Crippen LogP contribution in [0.2, 0.25) is 0 Å². The highest BCUT2D eigenvalue weighted by molar-refractivity contribution is 6.21. The Balaban J connectivity index is 2.02. The zero-order chi connectivity index (χ0) is 14.7. The second kappa shape index (κ2) is 6.50. The van der Waals surface area contributed by atoms with Gasteiger partial charge >= 0.3 is 5.97 Å². The lowest BCUT2D eigenvalue weighted by atomic mass is 9.98. The molecule has 2 unspecified atom stereocenters. The molecule has 0 bridgehead atoms. The number of likely N-dealkylation sites (tertiary alicyclic amines) is 1. The maximum Gasteiger partial charge on any atom is 0.307 e. The van der Waals surface area contributed by atoms with E-state index < -0.39 is 28.9 Å². The molecule has 0 spiro atoms. The fraction of sp³-hybridized carbons (Fsp3) is 0.500. The standard InChI is InChI=1S/C14H16ClF2NO2/c15-12(11-6-10(16)3-4-13(11)17)8-18-5-1-2-9(7-18)14(19)20/h3-4,6,9,12H,1-2,5,7-8H2,(H,19,20). The molecule has 0 aromatic heterocycles. The number of carboxylic acid groups (broad SMARTS) is 1. The van der Waals surface area contributed by atoms with Crippen LogP contribution in [0.5, 0.6) is 0 Å². The highest BCUT2D eigenvalue weighted by atomic mass is 35.5. The topological polar surface area (TPSA) is 40.5 Å². The van der Waals surface area contributed by atoms with Crippen LogP contribution in [0.3, 0.4) is 0 Å². The number of rotatable bonds is 4. The fourth-order valence-electron chi connectivity index (χ4n) is 2.50. The van der Waals surface area contributed by atoms with E-state index in [1.807, 2.05) is 4.90 Å². The van der Waals surface area contributed by atoms with E-state index >= 15 is 0 Å². The molecule has 2 rings (SSSR count). The fourth-order valence-corrected chi connectivity index (χ4v) is 2.87. The number of benzene rings is 1. The van der Waals surface area contributed by atoms with Crippen LogP contribution in [-0.4, -0.2) is 35.6 Å². The smallest absolute Gasteiger partial charge is 0.307 e. The van der Waals surface area contributed by atoms with Crippen LogP contribution >= 0.6 is 11.6 Å². The Hall–Kier alpha value is -1.20. The molecule has 1 N–H and O–H groups in total. The summed E-state index contributed by atoms with van der Waals surface area (Å²) in [7, 11) is 0. The van der Waals surface area contributed by atoms with Gasteiger partial charge in [0.05, 0.1) is 11.3 Å². The molecule has 3 nitrogen and oxygen atoms in total. The van der Waals surface area contributed by atoms with Gasteiger partial charge in [0, 0.05) is 18.7 Å². The molecule has 20 heavy (non-hydrogen) atoms. The first-order chi connectivity index (χ1) is 9.47. The molecule has 0 saturated carbocycles. The number of carbonyl (C=O) groups is 1. The van der Waals surface area contributed by atoms with Gasteiger partial charge in [-0.1, -0.05) is 0 Å². The number of piperidine rings is 1. The van der Waals surface area contributed by atoms with Crippen LogP contribution in [0, 0.1) is 17.6 Å². The number of hydrogen-bond acceptors (Lipinski definition) is 2. The molecular weight excluding hydrogens is 288 g/mol. The van der Waals surface area contributed by atoms with Gasteiger partial charge in [0.2, 0.25) is 0 Å². The van der Waals surface area contributed by atoms with E-state index in [4.69, 9.17) is 16.7 Å². The minimum Gasteiger partial charge on any atom is -0.481 e. The van der Waals surface area contributed by atoms with Gasteiger partial charge in [0.25, 0.3) is 0 Å². The lowest BCUT2D eigenvalue weighted by Crippen LogP contribution is -2.40. The van der Waals surface area contributed by atoms with E-state index in [2.05, 4.69) is 0 Å². The van der Waals surface area contributed by atoms with E-state index in [1.54, 1.807) is 0 Å². The third-order valence-electron chi connectivity index (χ3n) is 3.57. The molecule has 1 aromatic carbocycles. The average Bonchev–Trinajstić information content (AvgIpc) is 2.41. The van der Waals surface area contributed by atoms with Crippen molar-refractivity contribution in [2.24, 2.45) is 5.92 Å². The second-order valence-electron chi connectivity index (χ2n) is 5.07. The summed E-state index contributed by atoms with van der Waals surface area (Å²) >= 11 is 6.15. The van der Waals surface area contributed by atoms with Crippen molar-refractivity contribution in [1.29, 1.82) is 0 Å². The summed E-state index contributed by atoms with van der Waals surface area (Å²) in [5.41, 5.74) is 0.115. The third-order valence-corrected chi connectivity index (χ3v) is 3.94. The second-order valence-corrected chi connectivity index (χ2v) is 5.60. The van der Waals surface area contributed by atoms with Crippen LogP contribution in [0.4, 0.5) is 8.78 Å². The van der Waals surface area contributed by atoms with Gasteiger partial charge in [-0.3, -0.25) is 4.79 Å². The molecule has 1 aliphatic heterocycles. The molecule has 0 radical (unpaired) electrons. The van der Waals surface area contributed by atoms with Crippen molar-refractivity contribution in [2.75, 3.05) is 19.6 Å². The average molecular weight is 304 g/mol. The maximum absolute atomic E-state index is 13.6. The Morgan fingerprint density at radius 2 is 2.25 bits per heavy atom. The van der Waals surface area contributed by atoms with Crippen LogP contribution in [0.15, 0.2) is 18.2 Å². The minimum absolute atomic E-state index is 0.115. The predicted molar refractivity (Wildman–Crippen MR) is 71.8 cm³/mol. The van der Waals surface area contributed by atoms with Crippen LogP contribution in [0.1, 0.15) is 23.8 Å².